The van der Waals surface area contributed by atoms with Gasteiger partial charge in [-0.25, -0.2) is 4.98 Å². The summed E-state index contributed by atoms with van der Waals surface area (Å²) in [5, 5.41) is 12.1. The van der Waals surface area contributed by atoms with Crippen molar-refractivity contribution in [3.63, 3.8) is 0 Å². The number of fused-ring (bicyclic) bond motifs is 4. The maximum absolute atomic E-state index is 13.0. The number of halogens is 1. The van der Waals surface area contributed by atoms with Gasteiger partial charge in [0.2, 0.25) is 5.91 Å². The van der Waals surface area contributed by atoms with Crippen molar-refractivity contribution in [3.8, 4) is 0 Å². The smallest absolute Gasteiger partial charge is 0.274 e. The molecular formula is C27H28ClN5O3. The molecule has 2 aromatic carbocycles. The maximum Gasteiger partial charge on any atom is 0.274 e. The summed E-state index contributed by atoms with van der Waals surface area (Å²) in [6.45, 7) is 2.66. The Morgan fingerprint density at radius 1 is 1.19 bits per heavy atom. The van der Waals surface area contributed by atoms with Gasteiger partial charge in [-0.15, -0.1) is 0 Å². The average molecular weight is 506 g/mol. The molecule has 4 aromatic rings. The largest absolute Gasteiger partial charge is 0.369 e. The number of nitrogens with one attached hydrogen (secondary N) is 1. The number of rotatable bonds is 4. The van der Waals surface area contributed by atoms with Crippen LogP contribution >= 0.6 is 11.6 Å². The van der Waals surface area contributed by atoms with Crippen LogP contribution in [0.3, 0.4) is 0 Å². The first-order chi connectivity index (χ1) is 17.3. The first kappa shape index (κ1) is 23.1. The predicted octanol–water partition coefficient (Wildman–Crippen LogP) is 3.95. The normalized spacial score (nSPS) is 20.7. The van der Waals surface area contributed by atoms with E-state index in [0.717, 1.165) is 65.8 Å². The Kier molecular flexibility index (Phi) is 5.53. The molecule has 1 fully saturated rings. The number of nitrogens with zero attached hydrogens (tertiary/aromatic N) is 3. The predicted molar refractivity (Wildman–Crippen MR) is 139 cm³/mol. The molecule has 6 rings (SSSR count). The molecular weight excluding hydrogens is 478 g/mol. The van der Waals surface area contributed by atoms with E-state index in [0.29, 0.717) is 22.6 Å². The van der Waals surface area contributed by atoms with Gasteiger partial charge in [-0.05, 0) is 80.5 Å². The fraction of sp³-hybridized carbons (Fsp3) is 0.370. The number of aryl methyl sites for hydroxylation is 1. The third kappa shape index (κ3) is 3.67. The first-order valence-corrected chi connectivity index (χ1v) is 12.8. The molecule has 2 aromatic heterocycles. The highest BCUT2D eigenvalue weighted by atomic mass is 35.5. The molecule has 1 aliphatic heterocycles. The van der Waals surface area contributed by atoms with E-state index in [1.807, 2.05) is 46.6 Å². The summed E-state index contributed by atoms with van der Waals surface area (Å²) in [5.41, 5.74) is 11.0. The molecule has 0 spiro atoms. The molecule has 1 saturated carbocycles. The van der Waals surface area contributed by atoms with E-state index in [1.54, 1.807) is 6.20 Å². The highest BCUT2D eigenvalue weighted by Crippen LogP contribution is 2.38. The second-order valence-electron chi connectivity index (χ2n) is 10.1. The zero-order valence-electron chi connectivity index (χ0n) is 20.0. The number of aliphatic hydroxyl groups excluding tert-OH is 1. The third-order valence-corrected chi connectivity index (χ3v) is 8.17. The minimum atomic E-state index is -0.859. The lowest BCUT2D eigenvalue weighted by molar-refractivity contribution is -0.122. The van der Waals surface area contributed by atoms with Crippen molar-refractivity contribution in [2.75, 3.05) is 11.4 Å². The van der Waals surface area contributed by atoms with Gasteiger partial charge in [-0.3, -0.25) is 14.0 Å². The molecule has 1 amide bonds. The highest BCUT2D eigenvalue weighted by molar-refractivity contribution is 6.30. The van der Waals surface area contributed by atoms with Gasteiger partial charge in [0, 0.05) is 34.7 Å². The highest BCUT2D eigenvalue weighted by Gasteiger charge is 2.30. The van der Waals surface area contributed by atoms with Crippen LogP contribution < -0.4 is 16.2 Å². The number of aromatic amines is 1. The van der Waals surface area contributed by atoms with E-state index in [4.69, 9.17) is 17.3 Å². The topological polar surface area (TPSA) is 117 Å². The van der Waals surface area contributed by atoms with Crippen molar-refractivity contribution in [2.45, 2.75) is 51.2 Å². The van der Waals surface area contributed by atoms with Crippen molar-refractivity contribution >= 4 is 39.7 Å². The van der Waals surface area contributed by atoms with Crippen molar-refractivity contribution in [1.29, 1.82) is 0 Å². The summed E-state index contributed by atoms with van der Waals surface area (Å²) in [6.07, 6.45) is 4.64. The number of primary amides is 1. The van der Waals surface area contributed by atoms with Crippen LogP contribution in [0.4, 0.5) is 5.69 Å². The van der Waals surface area contributed by atoms with Crippen LogP contribution in [0.5, 0.6) is 0 Å². The zero-order valence-corrected chi connectivity index (χ0v) is 20.8. The maximum atomic E-state index is 13.0. The Balaban J connectivity index is 1.41. The number of anilines is 1. The van der Waals surface area contributed by atoms with E-state index in [-0.39, 0.29) is 23.3 Å². The van der Waals surface area contributed by atoms with E-state index in [1.165, 1.54) is 0 Å². The number of imidazole rings is 1. The molecule has 1 unspecified atom stereocenters. The molecule has 0 saturated heterocycles. The molecule has 0 radical (unpaired) electrons. The van der Waals surface area contributed by atoms with Gasteiger partial charge in [-0.1, -0.05) is 11.6 Å². The van der Waals surface area contributed by atoms with Gasteiger partial charge in [0.05, 0.1) is 17.2 Å². The Bertz CT molecular complexity index is 1570. The number of carbonyl (C=O) groups is 1. The Hall–Kier alpha value is -3.36. The minimum absolute atomic E-state index is 0.0920. The molecule has 4 N–H and O–H groups in total. The summed E-state index contributed by atoms with van der Waals surface area (Å²) >= 11 is 6.16. The minimum Gasteiger partial charge on any atom is -0.369 e. The molecule has 2 aliphatic rings. The van der Waals surface area contributed by atoms with E-state index in [2.05, 4.69) is 9.97 Å². The van der Waals surface area contributed by atoms with Gasteiger partial charge in [0.1, 0.15) is 11.3 Å². The lowest BCUT2D eigenvalue weighted by Crippen LogP contribution is -2.28. The number of hydrogen-bond donors (Lipinski definition) is 3. The number of aliphatic hydroxyl groups is 1. The van der Waals surface area contributed by atoms with Crippen molar-refractivity contribution < 1.29 is 9.90 Å². The van der Waals surface area contributed by atoms with Crippen molar-refractivity contribution in [1.82, 2.24) is 14.4 Å². The summed E-state index contributed by atoms with van der Waals surface area (Å²) in [6, 6.07) is 9.61. The second kappa shape index (κ2) is 8.64. The number of amides is 1. The average Bonchev–Trinajstić information content (AvgIpc) is 3.49. The second-order valence-corrected chi connectivity index (χ2v) is 10.5. The van der Waals surface area contributed by atoms with Gasteiger partial charge in [-0.2, -0.15) is 0 Å². The first-order valence-electron chi connectivity index (χ1n) is 12.4. The zero-order chi connectivity index (χ0) is 25.1. The Labute approximate surface area is 212 Å². The summed E-state index contributed by atoms with van der Waals surface area (Å²) < 4.78 is 1.94. The van der Waals surface area contributed by atoms with Gasteiger partial charge < -0.3 is 20.7 Å². The molecule has 36 heavy (non-hydrogen) atoms. The summed E-state index contributed by atoms with van der Waals surface area (Å²) in [4.78, 5) is 34.2. The quantitative estimate of drug-likeness (QED) is 0.388. The number of aromatic nitrogens is 3. The van der Waals surface area contributed by atoms with Crippen LogP contribution in [0.2, 0.25) is 5.02 Å². The number of hydrogen-bond acceptors (Lipinski definition) is 5. The third-order valence-electron chi connectivity index (χ3n) is 7.94. The number of nitrogens with two attached hydrogens (primary N) is 1. The Morgan fingerprint density at radius 2 is 1.97 bits per heavy atom. The van der Waals surface area contributed by atoms with E-state index < -0.39 is 6.23 Å². The molecule has 9 heteroatoms. The fourth-order valence-corrected chi connectivity index (χ4v) is 6.18. The van der Waals surface area contributed by atoms with Crippen molar-refractivity contribution in [2.24, 2.45) is 11.7 Å². The van der Waals surface area contributed by atoms with Crippen LogP contribution in [0.25, 0.3) is 16.6 Å². The lowest BCUT2D eigenvalue weighted by atomic mass is 9.81. The summed E-state index contributed by atoms with van der Waals surface area (Å²) in [7, 11) is 0. The summed E-state index contributed by atoms with van der Waals surface area (Å²) in [5.74, 6) is 0.646. The van der Waals surface area contributed by atoms with Crippen LogP contribution in [-0.4, -0.2) is 31.9 Å². The molecule has 8 nitrogen and oxygen atoms in total. The van der Waals surface area contributed by atoms with Gasteiger partial charge in [0.15, 0.2) is 6.23 Å². The Morgan fingerprint density at radius 3 is 2.72 bits per heavy atom. The van der Waals surface area contributed by atoms with E-state index >= 15 is 0 Å². The van der Waals surface area contributed by atoms with Crippen LogP contribution in [0.1, 0.15) is 60.3 Å². The van der Waals surface area contributed by atoms with Gasteiger partial charge >= 0.3 is 0 Å². The molecule has 186 valence electrons. The fourth-order valence-electron chi connectivity index (χ4n) is 5.98. The number of H-pyrrole nitrogens is 1. The number of carbonyl (C=O) groups excluding carboxylic acids is 1. The van der Waals surface area contributed by atoms with Gasteiger partial charge in [0.25, 0.3) is 5.56 Å². The molecule has 3 heterocycles. The van der Waals surface area contributed by atoms with Crippen LogP contribution in [0.15, 0.2) is 41.3 Å². The van der Waals surface area contributed by atoms with Crippen LogP contribution in [0, 0.1) is 12.8 Å². The van der Waals surface area contributed by atoms with E-state index in [9.17, 15) is 14.7 Å². The molecule has 1 atom stereocenters. The molecule has 1 aliphatic carbocycles. The molecule has 0 bridgehead atoms. The SMILES string of the molecule is Cc1cc2c(cc1C(O)N1CCc3cc(Cl)ccc31)[nH]c(=O)c1cnc(C3CCC(C(N)=O)CC3)n12. The standard InChI is InChI=1S/C27H28ClN5O3/c1-14-10-22-20(12-19(14)27(36)32-9-8-17-11-18(28)6-7-21(17)32)31-26(35)23-13-30-25(33(22)23)16-4-2-15(3-5-16)24(29)34/h6-7,10-13,15-16,27,36H,2-5,8-9H2,1H3,(H2,29,34)(H,31,35). The number of benzene rings is 2. The monoisotopic (exact) mass is 505 g/mol. The van der Waals surface area contributed by atoms with Crippen molar-refractivity contribution in [3.05, 3.63) is 74.4 Å². The lowest BCUT2D eigenvalue weighted by Gasteiger charge is -2.28. The van der Waals surface area contributed by atoms with Crippen LogP contribution in [-0.2, 0) is 11.2 Å².